The first kappa shape index (κ1) is 13.1. The molecule has 3 rings (SSSR count). The van der Waals surface area contributed by atoms with E-state index < -0.39 is 0 Å². The van der Waals surface area contributed by atoms with Crippen molar-refractivity contribution in [2.45, 2.75) is 50.7 Å². The smallest absolute Gasteiger partial charge is 0.123 e. The Labute approximate surface area is 114 Å². The van der Waals surface area contributed by atoms with Crippen molar-refractivity contribution in [1.29, 1.82) is 0 Å². The molecule has 0 aromatic heterocycles. The van der Waals surface area contributed by atoms with Gasteiger partial charge in [-0.3, -0.25) is 0 Å². The molecule has 3 unspecified atom stereocenters. The Morgan fingerprint density at radius 2 is 1.89 bits per heavy atom. The Morgan fingerprint density at radius 3 is 2.47 bits per heavy atom. The number of nitrogens with zero attached hydrogens (tertiary/aromatic N) is 1. The van der Waals surface area contributed by atoms with Gasteiger partial charge in [-0.15, -0.1) is 0 Å². The van der Waals surface area contributed by atoms with Crippen LogP contribution in [0.3, 0.4) is 0 Å². The first-order valence-corrected chi connectivity index (χ1v) is 7.30. The quantitative estimate of drug-likeness (QED) is 0.887. The van der Waals surface area contributed by atoms with Gasteiger partial charge in [-0.05, 0) is 68.8 Å². The molecule has 0 saturated carbocycles. The summed E-state index contributed by atoms with van der Waals surface area (Å²) in [6, 6.07) is 6.46. The summed E-state index contributed by atoms with van der Waals surface area (Å²) in [5.41, 5.74) is 8.58. The molecule has 19 heavy (non-hydrogen) atoms. The van der Waals surface area contributed by atoms with Gasteiger partial charge in [0.2, 0.25) is 0 Å². The summed E-state index contributed by atoms with van der Waals surface area (Å²) in [5.74, 6) is 0.370. The fourth-order valence-corrected chi connectivity index (χ4v) is 4.01. The first-order valence-electron chi connectivity index (χ1n) is 7.30. The highest BCUT2D eigenvalue weighted by molar-refractivity contribution is 5.30. The van der Waals surface area contributed by atoms with E-state index in [2.05, 4.69) is 11.9 Å². The van der Waals surface area contributed by atoms with Crippen LogP contribution in [0.15, 0.2) is 18.2 Å². The van der Waals surface area contributed by atoms with Gasteiger partial charge in [0.1, 0.15) is 5.82 Å². The van der Waals surface area contributed by atoms with Crippen molar-refractivity contribution < 1.29 is 4.39 Å². The Kier molecular flexibility index (Phi) is 3.35. The van der Waals surface area contributed by atoms with Crippen LogP contribution in [0.25, 0.3) is 0 Å². The summed E-state index contributed by atoms with van der Waals surface area (Å²) in [6.45, 7) is 1.96. The minimum Gasteiger partial charge on any atom is -0.324 e. The van der Waals surface area contributed by atoms with Gasteiger partial charge in [0.15, 0.2) is 0 Å². The average Bonchev–Trinajstić information content (AvgIpc) is 2.61. The van der Waals surface area contributed by atoms with Crippen LogP contribution in [-0.4, -0.2) is 24.0 Å². The second kappa shape index (κ2) is 4.88. The van der Waals surface area contributed by atoms with Crippen molar-refractivity contribution in [1.82, 2.24) is 4.90 Å². The fraction of sp³-hybridized carbons (Fsp3) is 0.625. The number of piperidine rings is 1. The molecule has 1 aromatic rings. The van der Waals surface area contributed by atoms with E-state index in [0.717, 1.165) is 11.1 Å². The second-order valence-corrected chi connectivity index (χ2v) is 6.31. The Balaban J connectivity index is 1.79. The SMILES string of the molecule is Cc1cc(F)ccc1C(N)C1CC2CCC(C1)N2C. The molecule has 1 aromatic carbocycles. The van der Waals surface area contributed by atoms with Crippen LogP contribution < -0.4 is 5.73 Å². The molecule has 2 fully saturated rings. The van der Waals surface area contributed by atoms with Crippen molar-refractivity contribution in [3.63, 3.8) is 0 Å². The first-order chi connectivity index (χ1) is 9.06. The molecule has 2 N–H and O–H groups in total. The topological polar surface area (TPSA) is 29.3 Å². The summed E-state index contributed by atoms with van der Waals surface area (Å²) in [5, 5.41) is 0. The number of rotatable bonds is 2. The maximum absolute atomic E-state index is 13.2. The highest BCUT2D eigenvalue weighted by Gasteiger charge is 2.40. The number of nitrogens with two attached hydrogens (primary N) is 1. The molecule has 0 amide bonds. The zero-order chi connectivity index (χ0) is 13.6. The maximum Gasteiger partial charge on any atom is 0.123 e. The molecule has 104 valence electrons. The number of hydrogen-bond acceptors (Lipinski definition) is 2. The number of halogens is 1. The van der Waals surface area contributed by atoms with Crippen molar-refractivity contribution >= 4 is 0 Å². The summed E-state index contributed by atoms with van der Waals surface area (Å²) < 4.78 is 13.2. The lowest BCUT2D eigenvalue weighted by Crippen LogP contribution is -2.42. The predicted octanol–water partition coefficient (Wildman–Crippen LogP) is 3.01. The third kappa shape index (κ3) is 2.30. The van der Waals surface area contributed by atoms with E-state index in [1.54, 1.807) is 6.07 Å². The molecule has 0 aliphatic carbocycles. The molecule has 2 aliphatic heterocycles. The van der Waals surface area contributed by atoms with Gasteiger partial charge in [0.25, 0.3) is 0 Å². The van der Waals surface area contributed by atoms with Crippen molar-refractivity contribution in [3.8, 4) is 0 Å². The molecular weight excluding hydrogens is 239 g/mol. The van der Waals surface area contributed by atoms with Gasteiger partial charge < -0.3 is 10.6 Å². The molecule has 2 heterocycles. The normalized spacial score (nSPS) is 32.5. The zero-order valence-corrected chi connectivity index (χ0v) is 11.8. The average molecular weight is 262 g/mol. The molecule has 3 atom stereocenters. The Morgan fingerprint density at radius 1 is 1.26 bits per heavy atom. The van der Waals surface area contributed by atoms with Gasteiger partial charge in [-0.1, -0.05) is 6.07 Å². The van der Waals surface area contributed by atoms with Gasteiger partial charge >= 0.3 is 0 Å². The molecule has 2 nitrogen and oxygen atoms in total. The third-order valence-corrected chi connectivity index (χ3v) is 5.23. The van der Waals surface area contributed by atoms with E-state index in [-0.39, 0.29) is 11.9 Å². The van der Waals surface area contributed by atoms with Crippen LogP contribution in [-0.2, 0) is 0 Å². The lowest BCUT2D eigenvalue weighted by Gasteiger charge is -2.39. The molecule has 2 aliphatic rings. The largest absolute Gasteiger partial charge is 0.324 e. The van der Waals surface area contributed by atoms with Crippen molar-refractivity contribution in [2.24, 2.45) is 11.7 Å². The number of fused-ring (bicyclic) bond motifs is 2. The maximum atomic E-state index is 13.2. The number of hydrogen-bond donors (Lipinski definition) is 1. The minimum atomic E-state index is -0.170. The van der Waals surface area contributed by atoms with E-state index in [9.17, 15) is 4.39 Å². The van der Waals surface area contributed by atoms with Gasteiger partial charge in [0, 0.05) is 18.1 Å². The van der Waals surface area contributed by atoms with Crippen molar-refractivity contribution in [3.05, 3.63) is 35.1 Å². The lowest BCUT2D eigenvalue weighted by molar-refractivity contribution is 0.120. The summed E-state index contributed by atoms with van der Waals surface area (Å²) >= 11 is 0. The highest BCUT2D eigenvalue weighted by Crippen LogP contribution is 2.42. The lowest BCUT2D eigenvalue weighted by atomic mass is 9.81. The van der Waals surface area contributed by atoms with E-state index in [1.165, 1.54) is 31.7 Å². The monoisotopic (exact) mass is 262 g/mol. The number of benzene rings is 1. The Bertz CT molecular complexity index is 460. The number of aryl methyl sites for hydroxylation is 1. The van der Waals surface area contributed by atoms with Gasteiger partial charge in [-0.25, -0.2) is 4.39 Å². The van der Waals surface area contributed by atoms with E-state index in [0.29, 0.717) is 18.0 Å². The van der Waals surface area contributed by atoms with E-state index in [1.807, 2.05) is 13.0 Å². The molecule has 2 saturated heterocycles. The van der Waals surface area contributed by atoms with Crippen LogP contribution in [0.1, 0.15) is 42.9 Å². The fourth-order valence-electron chi connectivity index (χ4n) is 4.01. The third-order valence-electron chi connectivity index (χ3n) is 5.23. The van der Waals surface area contributed by atoms with E-state index >= 15 is 0 Å². The summed E-state index contributed by atoms with van der Waals surface area (Å²) in [7, 11) is 2.24. The highest BCUT2D eigenvalue weighted by atomic mass is 19.1. The van der Waals surface area contributed by atoms with Crippen molar-refractivity contribution in [2.75, 3.05) is 7.05 Å². The predicted molar refractivity (Wildman–Crippen MR) is 75.4 cm³/mol. The second-order valence-electron chi connectivity index (χ2n) is 6.31. The standard InChI is InChI=1S/C16H23FN2/c1-10-7-12(17)3-6-15(10)16(18)11-8-13-4-5-14(9-11)19(13)2/h3,6-7,11,13-14,16H,4-5,8-9,18H2,1-2H3. The molecular formula is C16H23FN2. The molecule has 3 heteroatoms. The van der Waals surface area contributed by atoms with Gasteiger partial charge in [-0.2, -0.15) is 0 Å². The molecule has 0 spiro atoms. The van der Waals surface area contributed by atoms with Crippen LogP contribution in [0, 0.1) is 18.7 Å². The minimum absolute atomic E-state index is 0.0531. The molecule has 0 radical (unpaired) electrons. The Hall–Kier alpha value is -0.930. The van der Waals surface area contributed by atoms with Crippen LogP contribution in [0.4, 0.5) is 4.39 Å². The van der Waals surface area contributed by atoms with Gasteiger partial charge in [0.05, 0.1) is 0 Å². The summed E-state index contributed by atoms with van der Waals surface area (Å²) in [6.07, 6.45) is 5.00. The van der Waals surface area contributed by atoms with Crippen LogP contribution in [0.5, 0.6) is 0 Å². The molecule has 2 bridgehead atoms. The van der Waals surface area contributed by atoms with Crippen LogP contribution in [0.2, 0.25) is 0 Å². The van der Waals surface area contributed by atoms with Crippen LogP contribution >= 0.6 is 0 Å². The van der Waals surface area contributed by atoms with E-state index in [4.69, 9.17) is 5.73 Å². The summed E-state index contributed by atoms with van der Waals surface area (Å²) in [4.78, 5) is 2.53. The zero-order valence-electron chi connectivity index (χ0n) is 11.8.